The number of benzene rings is 1. The average Bonchev–Trinajstić information content (AvgIpc) is 3.15. The summed E-state index contributed by atoms with van der Waals surface area (Å²) in [6.07, 6.45) is 3.24. The normalized spacial score (nSPS) is 15.1. The van der Waals surface area contributed by atoms with Crippen molar-refractivity contribution in [3.63, 3.8) is 0 Å². The Bertz CT molecular complexity index is 905. The summed E-state index contributed by atoms with van der Waals surface area (Å²) in [6.45, 7) is 7.15. The van der Waals surface area contributed by atoms with Crippen LogP contribution >= 0.6 is 11.6 Å². The zero-order chi connectivity index (χ0) is 21.0. The van der Waals surface area contributed by atoms with Crippen molar-refractivity contribution in [1.82, 2.24) is 14.7 Å². The average molecular weight is 417 g/mol. The second-order valence-electron chi connectivity index (χ2n) is 8.04. The summed E-state index contributed by atoms with van der Waals surface area (Å²) >= 11 is 6.18. The van der Waals surface area contributed by atoms with Crippen LogP contribution in [0.1, 0.15) is 50.8 Å². The molecular weight excluding hydrogens is 392 g/mol. The van der Waals surface area contributed by atoms with Gasteiger partial charge in [-0.05, 0) is 45.7 Å². The molecule has 0 radical (unpaired) electrons. The molecule has 0 unspecified atom stereocenters. The number of piperidine rings is 1. The van der Waals surface area contributed by atoms with Crippen molar-refractivity contribution >= 4 is 17.7 Å². The number of halogens is 1. The molecule has 1 saturated heterocycles. The predicted molar refractivity (Wildman–Crippen MR) is 109 cm³/mol. The Balaban J connectivity index is 1.52. The minimum absolute atomic E-state index is 0.213. The van der Waals surface area contributed by atoms with Gasteiger partial charge < -0.3 is 14.4 Å². The van der Waals surface area contributed by atoms with E-state index < -0.39 is 5.60 Å². The minimum atomic E-state index is -0.486. The maximum atomic E-state index is 12.2. The fourth-order valence-electron chi connectivity index (χ4n) is 3.13. The third-order valence-corrected chi connectivity index (χ3v) is 4.98. The van der Waals surface area contributed by atoms with Gasteiger partial charge in [0.2, 0.25) is 5.88 Å². The van der Waals surface area contributed by atoms with Gasteiger partial charge in [0.05, 0.1) is 17.7 Å². The summed E-state index contributed by atoms with van der Waals surface area (Å²) in [6, 6.07) is 9.20. The molecule has 154 valence electrons. The summed E-state index contributed by atoms with van der Waals surface area (Å²) in [7, 11) is 0. The van der Waals surface area contributed by atoms with E-state index in [0.717, 1.165) is 18.4 Å². The van der Waals surface area contributed by atoms with E-state index in [-0.39, 0.29) is 18.7 Å². The number of ether oxygens (including phenoxy) is 2. The first-order valence-electron chi connectivity index (χ1n) is 9.59. The van der Waals surface area contributed by atoms with Crippen LogP contribution in [0.3, 0.4) is 0 Å². The third kappa shape index (κ3) is 5.64. The molecule has 29 heavy (non-hydrogen) atoms. The molecule has 0 saturated carbocycles. The van der Waals surface area contributed by atoms with E-state index in [0.29, 0.717) is 29.6 Å². The lowest BCUT2D eigenvalue weighted by Gasteiger charge is -2.33. The first kappa shape index (κ1) is 21.0. The zero-order valence-corrected chi connectivity index (χ0v) is 17.6. The van der Waals surface area contributed by atoms with Crippen LogP contribution in [-0.2, 0) is 11.3 Å². The Labute approximate surface area is 175 Å². The summed E-state index contributed by atoms with van der Waals surface area (Å²) in [4.78, 5) is 13.9. The summed E-state index contributed by atoms with van der Waals surface area (Å²) in [5, 5.41) is 13.9. The quantitative estimate of drug-likeness (QED) is 0.729. The number of carbonyl (C=O) groups is 1. The number of aromatic nitrogens is 2. The number of nitrogens with zero attached hydrogens (tertiary/aromatic N) is 4. The van der Waals surface area contributed by atoms with Gasteiger partial charge in [0.1, 0.15) is 12.2 Å². The van der Waals surface area contributed by atoms with Crippen molar-refractivity contribution in [3.05, 3.63) is 46.6 Å². The number of likely N-dealkylation sites (tertiary alicyclic amines) is 1. The molecule has 0 aliphatic carbocycles. The van der Waals surface area contributed by atoms with Crippen molar-refractivity contribution in [2.45, 2.75) is 51.9 Å². The van der Waals surface area contributed by atoms with Gasteiger partial charge in [-0.1, -0.05) is 17.7 Å². The van der Waals surface area contributed by atoms with E-state index in [4.69, 9.17) is 26.3 Å². The molecule has 0 spiro atoms. The number of carbonyl (C=O) groups excluding carboxylic acids is 1. The summed E-state index contributed by atoms with van der Waals surface area (Å²) in [5.74, 6) is 0.514. The van der Waals surface area contributed by atoms with Crippen molar-refractivity contribution in [3.8, 4) is 11.9 Å². The SMILES string of the molecule is CC(C)(C)OC(=O)N1CCC(n2ccc(OCc3ccc(C#N)cc3Cl)n2)CC1. The largest absolute Gasteiger partial charge is 0.472 e. The predicted octanol–water partition coefficient (Wildman–Crippen LogP) is 4.56. The molecule has 1 amide bonds. The fourth-order valence-corrected chi connectivity index (χ4v) is 3.36. The monoisotopic (exact) mass is 416 g/mol. The van der Waals surface area contributed by atoms with Crippen LogP contribution < -0.4 is 4.74 Å². The summed E-state index contributed by atoms with van der Waals surface area (Å²) in [5.41, 5.74) is 0.826. The Hall–Kier alpha value is -2.72. The second kappa shape index (κ2) is 8.75. The van der Waals surface area contributed by atoms with Crippen molar-refractivity contribution in [2.75, 3.05) is 13.1 Å². The van der Waals surface area contributed by atoms with Crippen LogP contribution in [0.2, 0.25) is 5.02 Å². The highest BCUT2D eigenvalue weighted by atomic mass is 35.5. The molecule has 0 N–H and O–H groups in total. The van der Waals surface area contributed by atoms with Gasteiger partial charge in [0.25, 0.3) is 0 Å². The van der Waals surface area contributed by atoms with Crippen LogP contribution in [0.5, 0.6) is 5.88 Å². The van der Waals surface area contributed by atoms with Crippen LogP contribution in [0.25, 0.3) is 0 Å². The first-order chi connectivity index (χ1) is 13.7. The number of amides is 1. The number of nitriles is 1. The van der Waals surface area contributed by atoms with Crippen molar-refractivity contribution < 1.29 is 14.3 Å². The smallest absolute Gasteiger partial charge is 0.410 e. The lowest BCUT2D eigenvalue weighted by Crippen LogP contribution is -2.42. The lowest BCUT2D eigenvalue weighted by atomic mass is 10.1. The number of hydrogen-bond acceptors (Lipinski definition) is 5. The van der Waals surface area contributed by atoms with Crippen LogP contribution in [0, 0.1) is 11.3 Å². The van der Waals surface area contributed by atoms with E-state index in [1.54, 1.807) is 23.1 Å². The molecule has 8 heteroatoms. The van der Waals surface area contributed by atoms with E-state index in [9.17, 15) is 4.79 Å². The van der Waals surface area contributed by atoms with E-state index in [1.807, 2.05) is 37.7 Å². The standard InChI is InChI=1S/C21H25ClN4O3/c1-21(2,3)29-20(27)25-9-6-17(7-10-25)26-11-8-19(24-26)28-14-16-5-4-15(13-23)12-18(16)22/h4-5,8,11-12,17H,6-7,9-10,14H2,1-3H3. The highest BCUT2D eigenvalue weighted by molar-refractivity contribution is 6.31. The maximum absolute atomic E-state index is 12.2. The van der Waals surface area contributed by atoms with Crippen LogP contribution in [0.15, 0.2) is 30.5 Å². The Morgan fingerprint density at radius 3 is 2.66 bits per heavy atom. The van der Waals surface area contributed by atoms with Crippen LogP contribution in [-0.4, -0.2) is 39.5 Å². The molecule has 1 fully saturated rings. The minimum Gasteiger partial charge on any atom is -0.472 e. The van der Waals surface area contributed by atoms with Gasteiger partial charge >= 0.3 is 6.09 Å². The Kier molecular flexibility index (Phi) is 6.33. The van der Waals surface area contributed by atoms with E-state index >= 15 is 0 Å². The molecule has 1 aromatic heterocycles. The molecule has 0 atom stereocenters. The Morgan fingerprint density at radius 2 is 2.03 bits per heavy atom. The number of hydrogen-bond donors (Lipinski definition) is 0. The maximum Gasteiger partial charge on any atom is 0.410 e. The van der Waals surface area contributed by atoms with Crippen molar-refractivity contribution in [2.24, 2.45) is 0 Å². The summed E-state index contributed by atoms with van der Waals surface area (Å²) < 4.78 is 13.1. The lowest BCUT2D eigenvalue weighted by molar-refractivity contribution is 0.0184. The molecule has 2 aromatic rings. The van der Waals surface area contributed by atoms with Gasteiger partial charge in [-0.3, -0.25) is 4.68 Å². The molecular formula is C21H25ClN4O3. The molecule has 1 aromatic carbocycles. The van der Waals surface area contributed by atoms with Gasteiger partial charge in [-0.2, -0.15) is 5.26 Å². The fraction of sp³-hybridized carbons (Fsp3) is 0.476. The molecule has 3 rings (SSSR count). The first-order valence-corrected chi connectivity index (χ1v) is 9.97. The topological polar surface area (TPSA) is 80.4 Å². The Morgan fingerprint density at radius 1 is 1.31 bits per heavy atom. The van der Waals surface area contributed by atoms with Crippen molar-refractivity contribution in [1.29, 1.82) is 5.26 Å². The van der Waals surface area contributed by atoms with Gasteiger partial charge in [0, 0.05) is 35.9 Å². The second-order valence-corrected chi connectivity index (χ2v) is 8.45. The van der Waals surface area contributed by atoms with E-state index in [1.165, 1.54) is 0 Å². The van der Waals surface area contributed by atoms with Crippen LogP contribution in [0.4, 0.5) is 4.79 Å². The van der Waals surface area contributed by atoms with Gasteiger partial charge in [-0.25, -0.2) is 4.79 Å². The van der Waals surface area contributed by atoms with E-state index in [2.05, 4.69) is 11.2 Å². The molecule has 2 heterocycles. The molecule has 7 nitrogen and oxygen atoms in total. The third-order valence-electron chi connectivity index (χ3n) is 4.63. The van der Waals surface area contributed by atoms with Gasteiger partial charge in [-0.15, -0.1) is 5.10 Å². The molecule has 0 bridgehead atoms. The number of rotatable bonds is 4. The highest BCUT2D eigenvalue weighted by Crippen LogP contribution is 2.25. The molecule has 1 aliphatic heterocycles. The molecule has 1 aliphatic rings. The van der Waals surface area contributed by atoms with Gasteiger partial charge in [0.15, 0.2) is 0 Å². The zero-order valence-electron chi connectivity index (χ0n) is 16.9. The highest BCUT2D eigenvalue weighted by Gasteiger charge is 2.27.